The van der Waals surface area contributed by atoms with E-state index in [1.165, 1.54) is 19.2 Å². The molecule has 0 atom stereocenters. The van der Waals surface area contributed by atoms with Crippen molar-refractivity contribution in [2.75, 3.05) is 24.3 Å². The summed E-state index contributed by atoms with van der Waals surface area (Å²) in [5.74, 6) is -0.338. The molecule has 0 saturated carbocycles. The fourth-order valence-electron chi connectivity index (χ4n) is 2.03. The topological polar surface area (TPSA) is 83.4 Å². The molecule has 0 unspecified atom stereocenters. The zero-order valence-electron chi connectivity index (χ0n) is 13.3. The molecule has 0 fully saturated rings. The molecule has 0 aliphatic carbocycles. The minimum Gasteiger partial charge on any atom is -0.493 e. The van der Waals surface area contributed by atoms with Gasteiger partial charge in [-0.05, 0) is 30.3 Å². The molecule has 6 nitrogen and oxygen atoms in total. The first-order chi connectivity index (χ1) is 12.0. The van der Waals surface area contributed by atoms with Crippen LogP contribution in [0.15, 0.2) is 42.5 Å². The Morgan fingerprint density at radius 3 is 2.68 bits per heavy atom. The summed E-state index contributed by atoms with van der Waals surface area (Å²) in [6.07, 6.45) is 0. The Hall–Kier alpha value is -3.34. The van der Waals surface area contributed by atoms with E-state index in [0.29, 0.717) is 16.9 Å². The van der Waals surface area contributed by atoms with E-state index in [-0.39, 0.29) is 24.0 Å². The number of nitrogens with zero attached hydrogens (tertiary/aromatic N) is 1. The summed E-state index contributed by atoms with van der Waals surface area (Å²) < 4.78 is 34.1. The molecule has 0 aromatic heterocycles. The average molecular weight is 347 g/mol. The monoisotopic (exact) mass is 347 g/mol. The maximum Gasteiger partial charge on any atom is 0.387 e. The van der Waals surface area contributed by atoms with E-state index in [4.69, 9.17) is 10.00 Å². The number of carbonyl (C=O) groups excluding carboxylic acids is 1. The summed E-state index contributed by atoms with van der Waals surface area (Å²) in [6, 6.07) is 12.8. The quantitative estimate of drug-likeness (QED) is 0.803. The van der Waals surface area contributed by atoms with E-state index in [1.54, 1.807) is 30.3 Å². The molecule has 2 rings (SSSR count). The summed E-state index contributed by atoms with van der Waals surface area (Å²) in [7, 11) is 1.34. The van der Waals surface area contributed by atoms with Crippen LogP contribution in [0.5, 0.6) is 11.5 Å². The van der Waals surface area contributed by atoms with Crippen molar-refractivity contribution in [1.29, 1.82) is 5.26 Å². The highest BCUT2D eigenvalue weighted by atomic mass is 19.3. The molecule has 2 aromatic carbocycles. The Balaban J connectivity index is 1.98. The van der Waals surface area contributed by atoms with E-state index < -0.39 is 6.61 Å². The lowest BCUT2D eigenvalue weighted by atomic mass is 10.2. The van der Waals surface area contributed by atoms with Crippen LogP contribution >= 0.6 is 0 Å². The number of nitrogens with one attached hydrogen (secondary N) is 2. The molecule has 0 aliphatic heterocycles. The molecule has 25 heavy (non-hydrogen) atoms. The van der Waals surface area contributed by atoms with Crippen molar-refractivity contribution in [2.45, 2.75) is 6.61 Å². The number of halogens is 2. The second-order valence-electron chi connectivity index (χ2n) is 4.84. The predicted octanol–water partition coefficient (Wildman–Crippen LogP) is 3.22. The van der Waals surface area contributed by atoms with Crippen LogP contribution in [0.3, 0.4) is 0 Å². The number of carbonyl (C=O) groups is 1. The number of alkyl halides is 2. The molecule has 0 spiro atoms. The highest BCUT2D eigenvalue weighted by molar-refractivity contribution is 5.93. The van der Waals surface area contributed by atoms with Gasteiger partial charge < -0.3 is 20.1 Å². The molecule has 130 valence electrons. The van der Waals surface area contributed by atoms with Crippen molar-refractivity contribution in [2.24, 2.45) is 0 Å². The van der Waals surface area contributed by atoms with Crippen molar-refractivity contribution in [3.63, 3.8) is 0 Å². The van der Waals surface area contributed by atoms with Crippen LogP contribution in [0.25, 0.3) is 0 Å². The van der Waals surface area contributed by atoms with Gasteiger partial charge >= 0.3 is 6.61 Å². The van der Waals surface area contributed by atoms with Gasteiger partial charge in [-0.25, -0.2) is 0 Å². The van der Waals surface area contributed by atoms with Gasteiger partial charge in [0.2, 0.25) is 5.91 Å². The number of benzene rings is 2. The first-order valence-corrected chi connectivity index (χ1v) is 7.18. The standard InChI is InChI=1S/C17H15F2N3O3/c1-24-14-6-5-12(8-15(14)25-17(18)19)21-10-16(23)22-13-4-2-3-11(7-13)9-20/h2-8,17,21H,10H2,1H3,(H,22,23). The lowest BCUT2D eigenvalue weighted by Gasteiger charge is -2.13. The summed E-state index contributed by atoms with van der Waals surface area (Å²) in [5.41, 5.74) is 1.33. The molecule has 0 bridgehead atoms. The molecule has 1 amide bonds. The normalized spacial score (nSPS) is 10.0. The predicted molar refractivity (Wildman–Crippen MR) is 87.9 cm³/mol. The summed E-state index contributed by atoms with van der Waals surface area (Å²) in [5, 5.41) is 14.3. The van der Waals surface area contributed by atoms with Crippen LogP contribution in [-0.2, 0) is 4.79 Å². The Morgan fingerprint density at radius 2 is 2.00 bits per heavy atom. The van der Waals surface area contributed by atoms with E-state index in [9.17, 15) is 13.6 Å². The molecule has 0 saturated heterocycles. The summed E-state index contributed by atoms with van der Waals surface area (Å²) in [6.45, 7) is -3.09. The zero-order valence-corrected chi connectivity index (χ0v) is 13.3. The third-order valence-corrected chi connectivity index (χ3v) is 3.11. The molecule has 8 heteroatoms. The first-order valence-electron chi connectivity index (χ1n) is 7.18. The molecule has 2 N–H and O–H groups in total. The number of hydrogen-bond donors (Lipinski definition) is 2. The average Bonchev–Trinajstić information content (AvgIpc) is 2.60. The van der Waals surface area contributed by atoms with Crippen molar-refractivity contribution in [1.82, 2.24) is 0 Å². The molecule has 0 aliphatic rings. The Kier molecular flexibility index (Phi) is 6.12. The van der Waals surface area contributed by atoms with Crippen LogP contribution < -0.4 is 20.1 Å². The lowest BCUT2D eigenvalue weighted by Crippen LogP contribution is -2.21. The van der Waals surface area contributed by atoms with E-state index in [1.807, 2.05) is 6.07 Å². The zero-order chi connectivity index (χ0) is 18.2. The molecular weight excluding hydrogens is 332 g/mol. The molecule has 2 aromatic rings. The highest BCUT2D eigenvalue weighted by Crippen LogP contribution is 2.31. The third kappa shape index (κ3) is 5.35. The van der Waals surface area contributed by atoms with Gasteiger partial charge in [-0.3, -0.25) is 4.79 Å². The smallest absolute Gasteiger partial charge is 0.387 e. The Labute approximate surface area is 143 Å². The van der Waals surface area contributed by atoms with E-state index in [0.717, 1.165) is 0 Å². The van der Waals surface area contributed by atoms with Crippen LogP contribution in [0.2, 0.25) is 0 Å². The fraction of sp³-hybridized carbons (Fsp3) is 0.176. The maximum atomic E-state index is 12.4. The number of amides is 1. The SMILES string of the molecule is COc1ccc(NCC(=O)Nc2cccc(C#N)c2)cc1OC(F)F. The van der Waals surface area contributed by atoms with Gasteiger partial charge in [-0.15, -0.1) is 0 Å². The number of anilines is 2. The number of methoxy groups -OCH3 is 1. The van der Waals surface area contributed by atoms with Crippen molar-refractivity contribution in [3.05, 3.63) is 48.0 Å². The lowest BCUT2D eigenvalue weighted by molar-refractivity contribution is -0.114. The molecule has 0 heterocycles. The first kappa shape index (κ1) is 18.0. The van der Waals surface area contributed by atoms with Crippen LogP contribution in [0, 0.1) is 11.3 Å². The van der Waals surface area contributed by atoms with Gasteiger partial charge in [0.1, 0.15) is 0 Å². The van der Waals surface area contributed by atoms with E-state index >= 15 is 0 Å². The Morgan fingerprint density at radius 1 is 1.20 bits per heavy atom. The van der Waals surface area contributed by atoms with Crippen LogP contribution in [0.4, 0.5) is 20.2 Å². The Bertz CT molecular complexity index is 791. The minimum atomic E-state index is -2.99. The molecule has 0 radical (unpaired) electrons. The van der Waals surface area contributed by atoms with E-state index in [2.05, 4.69) is 15.4 Å². The van der Waals surface area contributed by atoms with Crippen molar-refractivity contribution >= 4 is 17.3 Å². The number of nitriles is 1. The number of hydrogen-bond acceptors (Lipinski definition) is 5. The second kappa shape index (κ2) is 8.49. The summed E-state index contributed by atoms with van der Waals surface area (Å²) >= 11 is 0. The second-order valence-corrected chi connectivity index (χ2v) is 4.84. The molecular formula is C17H15F2N3O3. The number of ether oxygens (including phenoxy) is 2. The van der Waals surface area contributed by atoms with Gasteiger partial charge in [-0.2, -0.15) is 14.0 Å². The van der Waals surface area contributed by atoms with Gasteiger partial charge in [0.25, 0.3) is 0 Å². The van der Waals surface area contributed by atoms with Gasteiger partial charge in [0.15, 0.2) is 11.5 Å². The fourth-order valence-corrected chi connectivity index (χ4v) is 2.03. The highest BCUT2D eigenvalue weighted by Gasteiger charge is 2.12. The van der Waals surface area contributed by atoms with Crippen molar-refractivity contribution < 1.29 is 23.0 Å². The minimum absolute atomic E-state index is 0.1000. The summed E-state index contributed by atoms with van der Waals surface area (Å²) in [4.78, 5) is 11.9. The van der Waals surface area contributed by atoms with Gasteiger partial charge in [0.05, 0.1) is 25.3 Å². The van der Waals surface area contributed by atoms with Crippen LogP contribution in [-0.4, -0.2) is 26.2 Å². The largest absolute Gasteiger partial charge is 0.493 e. The maximum absolute atomic E-state index is 12.4. The third-order valence-electron chi connectivity index (χ3n) is 3.11. The van der Waals surface area contributed by atoms with Crippen molar-refractivity contribution in [3.8, 4) is 17.6 Å². The van der Waals surface area contributed by atoms with Gasteiger partial charge in [0, 0.05) is 17.4 Å². The number of rotatable bonds is 7. The van der Waals surface area contributed by atoms with Crippen LogP contribution in [0.1, 0.15) is 5.56 Å². The van der Waals surface area contributed by atoms with Gasteiger partial charge in [-0.1, -0.05) is 6.07 Å².